The van der Waals surface area contributed by atoms with Crippen molar-refractivity contribution in [2.75, 3.05) is 5.73 Å². The third-order valence-corrected chi connectivity index (χ3v) is 3.68. The standard InChI is InChI=1S/C12H14N2O3S/c13-12-3-1-2-10(6-12)9-18(15,16)14-7-11-4-5-17-8-11/h1-6,8,14H,7,9,13H2. The molecule has 0 bridgehead atoms. The first-order chi connectivity index (χ1) is 8.55. The van der Waals surface area contributed by atoms with E-state index in [4.69, 9.17) is 10.2 Å². The van der Waals surface area contributed by atoms with Gasteiger partial charge in [-0.3, -0.25) is 0 Å². The Morgan fingerprint density at radius 3 is 2.72 bits per heavy atom. The summed E-state index contributed by atoms with van der Waals surface area (Å²) in [7, 11) is -3.37. The van der Waals surface area contributed by atoms with Crippen molar-refractivity contribution in [3.05, 3.63) is 54.0 Å². The number of rotatable bonds is 5. The van der Waals surface area contributed by atoms with Crippen molar-refractivity contribution in [1.82, 2.24) is 4.72 Å². The van der Waals surface area contributed by atoms with Crippen molar-refractivity contribution in [2.45, 2.75) is 12.3 Å². The molecule has 1 aromatic heterocycles. The van der Waals surface area contributed by atoms with Gasteiger partial charge in [0.05, 0.1) is 18.3 Å². The number of anilines is 1. The average molecular weight is 266 g/mol. The highest BCUT2D eigenvalue weighted by molar-refractivity contribution is 7.88. The minimum Gasteiger partial charge on any atom is -0.472 e. The van der Waals surface area contributed by atoms with Crippen LogP contribution in [0.4, 0.5) is 5.69 Å². The van der Waals surface area contributed by atoms with E-state index in [0.717, 1.165) is 5.56 Å². The maximum Gasteiger partial charge on any atom is 0.216 e. The van der Waals surface area contributed by atoms with Gasteiger partial charge < -0.3 is 10.2 Å². The van der Waals surface area contributed by atoms with E-state index in [0.29, 0.717) is 11.3 Å². The van der Waals surface area contributed by atoms with E-state index in [1.54, 1.807) is 30.3 Å². The molecule has 0 unspecified atom stereocenters. The topological polar surface area (TPSA) is 85.3 Å². The zero-order valence-electron chi connectivity index (χ0n) is 9.67. The Balaban J connectivity index is 1.99. The monoisotopic (exact) mass is 266 g/mol. The Morgan fingerprint density at radius 1 is 1.22 bits per heavy atom. The highest BCUT2D eigenvalue weighted by Gasteiger charge is 2.11. The van der Waals surface area contributed by atoms with Gasteiger partial charge >= 0.3 is 0 Å². The van der Waals surface area contributed by atoms with Gasteiger partial charge in [0.1, 0.15) is 0 Å². The predicted octanol–water partition coefficient (Wildman–Crippen LogP) is 1.48. The number of nitrogens with one attached hydrogen (secondary N) is 1. The molecule has 18 heavy (non-hydrogen) atoms. The molecule has 1 heterocycles. The van der Waals surface area contributed by atoms with Gasteiger partial charge in [0.2, 0.25) is 10.0 Å². The molecule has 3 N–H and O–H groups in total. The molecule has 96 valence electrons. The minimum absolute atomic E-state index is 0.0874. The van der Waals surface area contributed by atoms with Crippen LogP contribution < -0.4 is 10.5 Å². The number of furan rings is 1. The van der Waals surface area contributed by atoms with Crippen LogP contribution in [0.2, 0.25) is 0 Å². The SMILES string of the molecule is Nc1cccc(CS(=O)(=O)NCc2ccoc2)c1. The lowest BCUT2D eigenvalue weighted by Gasteiger charge is -2.06. The summed E-state index contributed by atoms with van der Waals surface area (Å²) in [6, 6.07) is 8.54. The minimum atomic E-state index is -3.37. The van der Waals surface area contributed by atoms with E-state index in [9.17, 15) is 8.42 Å². The van der Waals surface area contributed by atoms with Gasteiger partial charge in [0, 0.05) is 17.8 Å². The molecule has 5 nitrogen and oxygen atoms in total. The molecule has 2 rings (SSSR count). The second-order valence-corrected chi connectivity index (χ2v) is 5.76. The van der Waals surface area contributed by atoms with Gasteiger partial charge in [0.15, 0.2) is 0 Å². The first kappa shape index (κ1) is 12.7. The summed E-state index contributed by atoms with van der Waals surface area (Å²) in [4.78, 5) is 0. The molecular weight excluding hydrogens is 252 g/mol. The van der Waals surface area contributed by atoms with E-state index in [-0.39, 0.29) is 12.3 Å². The maximum atomic E-state index is 11.8. The highest BCUT2D eigenvalue weighted by atomic mass is 32.2. The number of benzene rings is 1. The second-order valence-electron chi connectivity index (χ2n) is 3.96. The third kappa shape index (κ3) is 3.61. The fourth-order valence-corrected chi connectivity index (χ4v) is 2.65. The first-order valence-electron chi connectivity index (χ1n) is 5.38. The van der Waals surface area contributed by atoms with Crippen molar-refractivity contribution in [2.24, 2.45) is 0 Å². The zero-order chi connectivity index (χ0) is 13.0. The van der Waals surface area contributed by atoms with E-state index < -0.39 is 10.0 Å². The van der Waals surface area contributed by atoms with Gasteiger partial charge in [-0.1, -0.05) is 12.1 Å². The summed E-state index contributed by atoms with van der Waals surface area (Å²) in [5, 5.41) is 0. The van der Waals surface area contributed by atoms with Gasteiger partial charge in [-0.2, -0.15) is 0 Å². The van der Waals surface area contributed by atoms with E-state index in [1.807, 2.05) is 0 Å². The van der Waals surface area contributed by atoms with Crippen LogP contribution in [0, 0.1) is 0 Å². The fourth-order valence-electron chi connectivity index (χ4n) is 1.54. The molecule has 0 atom stereocenters. The molecule has 0 saturated heterocycles. The highest BCUT2D eigenvalue weighted by Crippen LogP contribution is 2.10. The van der Waals surface area contributed by atoms with Crippen LogP contribution in [0.15, 0.2) is 47.3 Å². The molecule has 0 saturated carbocycles. The zero-order valence-corrected chi connectivity index (χ0v) is 10.5. The van der Waals surface area contributed by atoms with Crippen molar-refractivity contribution < 1.29 is 12.8 Å². The van der Waals surface area contributed by atoms with Crippen LogP contribution in [0.25, 0.3) is 0 Å². The van der Waals surface area contributed by atoms with Gasteiger partial charge in [-0.05, 0) is 23.8 Å². The van der Waals surface area contributed by atoms with Crippen LogP contribution in [0.1, 0.15) is 11.1 Å². The van der Waals surface area contributed by atoms with Crippen molar-refractivity contribution >= 4 is 15.7 Å². The predicted molar refractivity (Wildman–Crippen MR) is 69.0 cm³/mol. The van der Waals surface area contributed by atoms with E-state index >= 15 is 0 Å². The Labute approximate surface area is 106 Å². The Morgan fingerprint density at radius 2 is 2.06 bits per heavy atom. The molecule has 0 fully saturated rings. The summed E-state index contributed by atoms with van der Waals surface area (Å²) < 4.78 is 31.0. The van der Waals surface area contributed by atoms with Crippen molar-refractivity contribution in [1.29, 1.82) is 0 Å². The van der Waals surface area contributed by atoms with E-state index in [2.05, 4.69) is 4.72 Å². The largest absolute Gasteiger partial charge is 0.472 e. The molecular formula is C12H14N2O3S. The number of hydrogen-bond acceptors (Lipinski definition) is 4. The molecule has 0 aliphatic heterocycles. The third-order valence-electron chi connectivity index (χ3n) is 2.38. The summed E-state index contributed by atoms with van der Waals surface area (Å²) in [5.41, 5.74) is 7.60. The quantitative estimate of drug-likeness (QED) is 0.803. The summed E-state index contributed by atoms with van der Waals surface area (Å²) in [6.45, 7) is 0.223. The Kier molecular flexibility index (Phi) is 3.69. The molecule has 0 aliphatic carbocycles. The molecule has 0 aliphatic rings. The van der Waals surface area contributed by atoms with Gasteiger partial charge in [-0.15, -0.1) is 0 Å². The lowest BCUT2D eigenvalue weighted by molar-refractivity contribution is 0.561. The van der Waals surface area contributed by atoms with Crippen LogP contribution in [0.5, 0.6) is 0 Å². The van der Waals surface area contributed by atoms with E-state index in [1.165, 1.54) is 12.5 Å². The Hall–Kier alpha value is -1.79. The van der Waals surface area contributed by atoms with Gasteiger partial charge in [0.25, 0.3) is 0 Å². The van der Waals surface area contributed by atoms with Crippen LogP contribution in [-0.4, -0.2) is 8.42 Å². The number of nitrogen functional groups attached to an aromatic ring is 1. The molecule has 0 amide bonds. The molecule has 1 aromatic carbocycles. The molecule has 6 heteroatoms. The summed E-state index contributed by atoms with van der Waals surface area (Å²) in [6.07, 6.45) is 3.00. The van der Waals surface area contributed by atoms with Crippen molar-refractivity contribution in [3.63, 3.8) is 0 Å². The lowest BCUT2D eigenvalue weighted by Crippen LogP contribution is -2.24. The smallest absolute Gasteiger partial charge is 0.216 e. The maximum absolute atomic E-state index is 11.8. The number of nitrogens with two attached hydrogens (primary N) is 1. The van der Waals surface area contributed by atoms with Crippen LogP contribution in [0.3, 0.4) is 0 Å². The fraction of sp³-hybridized carbons (Fsp3) is 0.167. The molecule has 0 spiro atoms. The molecule has 2 aromatic rings. The summed E-state index contributed by atoms with van der Waals surface area (Å²) in [5.74, 6) is -0.0874. The number of hydrogen-bond donors (Lipinski definition) is 2. The van der Waals surface area contributed by atoms with Crippen molar-refractivity contribution in [3.8, 4) is 0 Å². The van der Waals surface area contributed by atoms with Crippen LogP contribution >= 0.6 is 0 Å². The summed E-state index contributed by atoms with van der Waals surface area (Å²) >= 11 is 0. The molecule has 0 radical (unpaired) electrons. The average Bonchev–Trinajstić information content (AvgIpc) is 2.78. The lowest BCUT2D eigenvalue weighted by atomic mass is 10.2. The first-order valence-corrected chi connectivity index (χ1v) is 7.03. The second kappa shape index (κ2) is 5.24. The van der Waals surface area contributed by atoms with Crippen LogP contribution in [-0.2, 0) is 22.3 Å². The van der Waals surface area contributed by atoms with Gasteiger partial charge in [-0.25, -0.2) is 13.1 Å². The normalized spacial score (nSPS) is 11.6. The number of sulfonamides is 1. The Bertz CT molecular complexity index is 606.